The van der Waals surface area contributed by atoms with Gasteiger partial charge in [0.1, 0.15) is 0 Å². The fourth-order valence-electron chi connectivity index (χ4n) is 3.47. The summed E-state index contributed by atoms with van der Waals surface area (Å²) in [4.78, 5) is -0.318. The Morgan fingerprint density at radius 3 is 2.46 bits per heavy atom. The van der Waals surface area contributed by atoms with Crippen molar-refractivity contribution in [3.63, 3.8) is 0 Å². The normalized spacial score (nSPS) is 23.1. The third-order valence-electron chi connectivity index (χ3n) is 4.92. The number of sulfonamides is 1. The molecule has 3 rings (SSSR count). The summed E-state index contributed by atoms with van der Waals surface area (Å²) in [6.45, 7) is 0.551. The lowest BCUT2D eigenvalue weighted by atomic mass is 9.82. The van der Waals surface area contributed by atoms with Gasteiger partial charge in [-0.05, 0) is 43.4 Å². The van der Waals surface area contributed by atoms with Crippen molar-refractivity contribution in [2.45, 2.75) is 30.3 Å². The minimum atomic E-state index is -4.57. The number of allylic oxidation sites excluding steroid dienone is 4. The highest BCUT2D eigenvalue weighted by atomic mass is 35.5. The first-order chi connectivity index (χ1) is 12.2. The molecule has 0 bridgehead atoms. The molecule has 1 saturated heterocycles. The predicted octanol–water partition coefficient (Wildman–Crippen LogP) is 4.80. The van der Waals surface area contributed by atoms with Crippen molar-refractivity contribution >= 4 is 21.6 Å². The first kappa shape index (κ1) is 19.5. The molecular weight excluding hydrogens is 387 g/mol. The number of nitrogens with zero attached hydrogens (tertiary/aromatic N) is 1. The van der Waals surface area contributed by atoms with Gasteiger partial charge in [0.2, 0.25) is 10.0 Å². The number of hydrogen-bond acceptors (Lipinski definition) is 2. The lowest BCUT2D eigenvalue weighted by molar-refractivity contribution is -0.137. The summed E-state index contributed by atoms with van der Waals surface area (Å²) in [5.74, 6) is 0.340. The number of rotatable bonds is 3. The maximum Gasteiger partial charge on any atom is 0.416 e. The second-order valence-corrected chi connectivity index (χ2v) is 8.92. The monoisotopic (exact) mass is 405 g/mol. The molecule has 1 heterocycles. The number of hydrogen-bond donors (Lipinski definition) is 0. The van der Waals surface area contributed by atoms with Crippen LogP contribution < -0.4 is 0 Å². The number of benzene rings is 1. The molecule has 0 radical (unpaired) electrons. The van der Waals surface area contributed by atoms with Crippen molar-refractivity contribution in [3.05, 3.63) is 53.1 Å². The molecule has 0 spiro atoms. The van der Waals surface area contributed by atoms with Crippen LogP contribution in [-0.4, -0.2) is 25.8 Å². The van der Waals surface area contributed by atoms with Gasteiger partial charge in [0.15, 0.2) is 0 Å². The van der Waals surface area contributed by atoms with Crippen LogP contribution in [0.15, 0.2) is 52.4 Å². The molecule has 1 aliphatic heterocycles. The molecule has 1 atom stereocenters. The highest BCUT2D eigenvalue weighted by molar-refractivity contribution is 7.89. The minimum Gasteiger partial charge on any atom is -0.207 e. The van der Waals surface area contributed by atoms with Crippen molar-refractivity contribution in [2.75, 3.05) is 13.1 Å². The zero-order chi connectivity index (χ0) is 18.9. The second kappa shape index (κ2) is 7.37. The van der Waals surface area contributed by atoms with E-state index in [9.17, 15) is 21.6 Å². The molecule has 3 nitrogen and oxygen atoms in total. The lowest BCUT2D eigenvalue weighted by Gasteiger charge is -2.35. The Balaban J connectivity index is 1.73. The maximum atomic E-state index is 12.9. The summed E-state index contributed by atoms with van der Waals surface area (Å²) >= 11 is 6.27. The Kier molecular flexibility index (Phi) is 5.51. The number of piperidine rings is 1. The topological polar surface area (TPSA) is 37.4 Å². The standard InChI is InChI=1S/C18H19ClF3NO2S/c19-17-7-2-1-6-16(17)13-8-10-23(11-9-13)26(24,25)15-5-3-4-14(12-15)18(20,21)22/h1,3-7,12-13,16H,2,8-11H2. The quantitative estimate of drug-likeness (QED) is 0.677. The van der Waals surface area contributed by atoms with Crippen LogP contribution in [0.25, 0.3) is 0 Å². The third kappa shape index (κ3) is 4.00. The zero-order valence-corrected chi connectivity index (χ0v) is 15.5. The average Bonchev–Trinajstić information content (AvgIpc) is 2.62. The van der Waals surface area contributed by atoms with Crippen molar-refractivity contribution in [1.82, 2.24) is 4.31 Å². The van der Waals surface area contributed by atoms with Gasteiger partial charge in [0.25, 0.3) is 0 Å². The molecule has 8 heteroatoms. The molecule has 1 aliphatic carbocycles. The van der Waals surface area contributed by atoms with E-state index in [-0.39, 0.29) is 29.8 Å². The van der Waals surface area contributed by atoms with Crippen molar-refractivity contribution in [1.29, 1.82) is 0 Å². The molecule has 2 aliphatic rings. The van der Waals surface area contributed by atoms with Crippen LogP contribution in [0.1, 0.15) is 24.8 Å². The van der Waals surface area contributed by atoms with Gasteiger partial charge in [-0.1, -0.05) is 35.9 Å². The molecule has 26 heavy (non-hydrogen) atoms. The van der Waals surface area contributed by atoms with Gasteiger partial charge < -0.3 is 0 Å². The first-order valence-electron chi connectivity index (χ1n) is 8.39. The molecule has 0 amide bonds. The Morgan fingerprint density at radius 1 is 1.15 bits per heavy atom. The van der Waals surface area contributed by atoms with Crippen LogP contribution in [0.2, 0.25) is 0 Å². The smallest absolute Gasteiger partial charge is 0.207 e. The van der Waals surface area contributed by atoms with Crippen LogP contribution in [0.5, 0.6) is 0 Å². The highest BCUT2D eigenvalue weighted by Gasteiger charge is 2.35. The Hall–Kier alpha value is -1.31. The van der Waals surface area contributed by atoms with E-state index >= 15 is 0 Å². The second-order valence-electron chi connectivity index (χ2n) is 6.55. The van der Waals surface area contributed by atoms with Crippen LogP contribution in [0, 0.1) is 11.8 Å². The lowest BCUT2D eigenvalue weighted by Crippen LogP contribution is -2.40. The van der Waals surface area contributed by atoms with E-state index in [0.29, 0.717) is 18.9 Å². The fraction of sp³-hybridized carbons (Fsp3) is 0.444. The van der Waals surface area contributed by atoms with E-state index in [0.717, 1.165) is 23.6 Å². The summed E-state index contributed by atoms with van der Waals surface area (Å²) in [7, 11) is -3.94. The molecular formula is C18H19ClF3NO2S. The summed E-state index contributed by atoms with van der Waals surface area (Å²) in [5, 5.41) is 0.784. The van der Waals surface area contributed by atoms with Crippen LogP contribution >= 0.6 is 11.6 Å². The molecule has 1 unspecified atom stereocenters. The van der Waals surface area contributed by atoms with E-state index in [1.165, 1.54) is 10.4 Å². The Morgan fingerprint density at radius 2 is 1.85 bits per heavy atom. The summed E-state index contributed by atoms with van der Waals surface area (Å²) in [5.41, 5.74) is -0.960. The van der Waals surface area contributed by atoms with Gasteiger partial charge in [-0.15, -0.1) is 0 Å². The minimum absolute atomic E-state index is 0.101. The summed E-state index contributed by atoms with van der Waals surface area (Å²) < 4.78 is 65.3. The van der Waals surface area contributed by atoms with E-state index < -0.39 is 21.8 Å². The molecule has 0 saturated carbocycles. The summed E-state index contributed by atoms with van der Waals surface area (Å²) in [6, 6.07) is 3.90. The van der Waals surface area contributed by atoms with Gasteiger partial charge >= 0.3 is 6.18 Å². The predicted molar refractivity (Wildman–Crippen MR) is 94.1 cm³/mol. The van der Waals surface area contributed by atoms with Crippen molar-refractivity contribution < 1.29 is 21.6 Å². The highest BCUT2D eigenvalue weighted by Crippen LogP contribution is 2.37. The van der Waals surface area contributed by atoms with Gasteiger partial charge in [-0.25, -0.2) is 8.42 Å². The maximum absolute atomic E-state index is 12.9. The van der Waals surface area contributed by atoms with E-state index in [4.69, 9.17) is 11.6 Å². The largest absolute Gasteiger partial charge is 0.416 e. The van der Waals surface area contributed by atoms with E-state index in [1.807, 2.05) is 12.2 Å². The fourth-order valence-corrected chi connectivity index (χ4v) is 5.33. The zero-order valence-electron chi connectivity index (χ0n) is 13.9. The molecule has 1 aromatic rings. The SMILES string of the molecule is O=S(=O)(c1cccc(C(F)(F)F)c1)N1CCC(C2C=CCC=C2Cl)CC1. The summed E-state index contributed by atoms with van der Waals surface area (Å²) in [6.07, 6.45) is 3.53. The van der Waals surface area contributed by atoms with Crippen molar-refractivity contribution in [3.8, 4) is 0 Å². The number of alkyl halides is 3. The van der Waals surface area contributed by atoms with Gasteiger partial charge in [0, 0.05) is 24.0 Å². The molecule has 0 N–H and O–H groups in total. The molecule has 1 fully saturated rings. The average molecular weight is 406 g/mol. The van der Waals surface area contributed by atoms with E-state index in [1.54, 1.807) is 0 Å². The van der Waals surface area contributed by atoms with Gasteiger partial charge in [-0.2, -0.15) is 17.5 Å². The Labute approximate surface area is 156 Å². The number of halogens is 4. The van der Waals surface area contributed by atoms with Crippen LogP contribution in [0.4, 0.5) is 13.2 Å². The molecule has 1 aromatic carbocycles. The van der Waals surface area contributed by atoms with E-state index in [2.05, 4.69) is 6.08 Å². The van der Waals surface area contributed by atoms with Crippen molar-refractivity contribution in [2.24, 2.45) is 11.8 Å². The molecule has 142 valence electrons. The van der Waals surface area contributed by atoms with Crippen LogP contribution in [0.3, 0.4) is 0 Å². The Bertz CT molecular complexity index is 825. The van der Waals surface area contributed by atoms with Gasteiger partial charge in [0.05, 0.1) is 10.5 Å². The van der Waals surface area contributed by atoms with Crippen LogP contribution in [-0.2, 0) is 16.2 Å². The third-order valence-corrected chi connectivity index (χ3v) is 7.22. The first-order valence-corrected chi connectivity index (χ1v) is 10.2. The van der Waals surface area contributed by atoms with Gasteiger partial charge in [-0.3, -0.25) is 0 Å². The molecule has 0 aromatic heterocycles.